The van der Waals surface area contributed by atoms with Crippen molar-refractivity contribution >= 4 is 23.1 Å². The van der Waals surface area contributed by atoms with Gasteiger partial charge in [-0.1, -0.05) is 18.2 Å². The highest BCUT2D eigenvalue weighted by Crippen LogP contribution is 2.12. The summed E-state index contributed by atoms with van der Waals surface area (Å²) in [5.74, 6) is -0.181. The molecule has 6 heteroatoms. The topological polar surface area (TPSA) is 79.5 Å². The van der Waals surface area contributed by atoms with E-state index < -0.39 is 0 Å². The van der Waals surface area contributed by atoms with Crippen molar-refractivity contribution in [3.63, 3.8) is 0 Å². The summed E-state index contributed by atoms with van der Waals surface area (Å²) in [6.07, 6.45) is 3.36. The Morgan fingerprint density at radius 1 is 1.22 bits per heavy atom. The first kappa shape index (κ1) is 14.8. The molecule has 0 saturated heterocycles. The number of anilines is 1. The minimum absolute atomic E-state index is 0.0957. The molecule has 2 N–H and O–H groups in total. The molecule has 23 heavy (non-hydrogen) atoms. The van der Waals surface area contributed by atoms with Crippen LogP contribution >= 0.6 is 0 Å². The third-order valence-electron chi connectivity index (χ3n) is 3.27. The lowest BCUT2D eigenvalue weighted by molar-refractivity contribution is 0.102. The molecule has 3 aromatic rings. The van der Waals surface area contributed by atoms with E-state index >= 15 is 0 Å². The summed E-state index contributed by atoms with van der Waals surface area (Å²) in [5.41, 5.74) is 2.30. The fourth-order valence-corrected chi connectivity index (χ4v) is 2.18. The van der Waals surface area contributed by atoms with Crippen LogP contribution in [0.5, 0.6) is 0 Å². The smallest absolute Gasteiger partial charge is 0.275 e. The fraction of sp³-hybridized carbons (Fsp3) is 0.118. The summed E-state index contributed by atoms with van der Waals surface area (Å²) in [6, 6.07) is 12.7. The average Bonchev–Trinajstić information content (AvgIpc) is 2.99. The zero-order chi connectivity index (χ0) is 16.2. The van der Waals surface area contributed by atoms with E-state index in [0.717, 1.165) is 0 Å². The number of para-hydroxylation sites is 1. The number of nitrogens with zero attached hydrogens (tertiary/aromatic N) is 2. The van der Waals surface area contributed by atoms with Gasteiger partial charge in [-0.05, 0) is 31.2 Å². The Hall–Kier alpha value is -3.15. The monoisotopic (exact) mass is 308 g/mol. The quantitative estimate of drug-likeness (QED) is 0.574. The molecule has 0 aliphatic heterocycles. The number of pyridine rings is 1. The van der Waals surface area contributed by atoms with Crippen LogP contribution in [-0.4, -0.2) is 27.8 Å². The predicted octanol–water partition coefficient (Wildman–Crippen LogP) is 2.95. The van der Waals surface area contributed by atoms with Gasteiger partial charge in [0.15, 0.2) is 0 Å². The van der Waals surface area contributed by atoms with E-state index in [2.05, 4.69) is 10.3 Å². The largest absolute Gasteiger partial charge is 0.478 e. The van der Waals surface area contributed by atoms with Crippen LogP contribution in [0.25, 0.3) is 5.65 Å². The molecule has 1 amide bonds. The second-order valence-electron chi connectivity index (χ2n) is 4.89. The van der Waals surface area contributed by atoms with E-state index in [1.54, 1.807) is 28.9 Å². The van der Waals surface area contributed by atoms with Crippen LogP contribution in [0.2, 0.25) is 0 Å². The summed E-state index contributed by atoms with van der Waals surface area (Å²) < 4.78 is 6.89. The summed E-state index contributed by atoms with van der Waals surface area (Å²) in [5, 5.41) is 10.6. The molecule has 0 saturated carbocycles. The van der Waals surface area contributed by atoms with Gasteiger partial charge in [-0.3, -0.25) is 10.2 Å². The number of fused-ring (bicyclic) bond motifs is 1. The number of hydrogen-bond acceptors (Lipinski definition) is 4. The van der Waals surface area contributed by atoms with Crippen LogP contribution in [0, 0.1) is 5.41 Å². The summed E-state index contributed by atoms with van der Waals surface area (Å²) in [4.78, 5) is 16.5. The molecular formula is C17H16N4O2. The number of carbonyl (C=O) groups is 1. The van der Waals surface area contributed by atoms with Crippen molar-refractivity contribution in [3.05, 3.63) is 66.1 Å². The maximum absolute atomic E-state index is 12.3. The van der Waals surface area contributed by atoms with Gasteiger partial charge in [0, 0.05) is 18.1 Å². The molecule has 0 spiro atoms. The van der Waals surface area contributed by atoms with E-state index in [9.17, 15) is 4.79 Å². The molecule has 2 heterocycles. The lowest BCUT2D eigenvalue weighted by Gasteiger charge is -2.04. The lowest BCUT2D eigenvalue weighted by Crippen LogP contribution is -2.12. The molecule has 0 aliphatic carbocycles. The lowest BCUT2D eigenvalue weighted by atomic mass is 10.3. The molecule has 0 unspecified atom stereocenters. The normalized spacial score (nSPS) is 10.5. The van der Waals surface area contributed by atoms with Gasteiger partial charge in [-0.15, -0.1) is 0 Å². The summed E-state index contributed by atoms with van der Waals surface area (Å²) >= 11 is 0. The Balaban J connectivity index is 1.85. The molecule has 3 rings (SSSR count). The van der Waals surface area contributed by atoms with E-state index in [4.69, 9.17) is 10.1 Å². The van der Waals surface area contributed by atoms with Gasteiger partial charge in [0.05, 0.1) is 12.2 Å². The van der Waals surface area contributed by atoms with Gasteiger partial charge in [-0.2, -0.15) is 0 Å². The number of aromatic nitrogens is 2. The van der Waals surface area contributed by atoms with Crippen molar-refractivity contribution in [3.8, 4) is 0 Å². The molecule has 0 atom stereocenters. The zero-order valence-corrected chi connectivity index (χ0v) is 12.6. The van der Waals surface area contributed by atoms with Gasteiger partial charge in [0.1, 0.15) is 11.3 Å². The van der Waals surface area contributed by atoms with E-state index in [-0.39, 0.29) is 11.8 Å². The number of rotatable bonds is 4. The number of amides is 1. The van der Waals surface area contributed by atoms with Crippen LogP contribution < -0.4 is 5.32 Å². The Kier molecular flexibility index (Phi) is 4.05. The maximum Gasteiger partial charge on any atom is 0.275 e. The van der Waals surface area contributed by atoms with Crippen LogP contribution in [-0.2, 0) is 4.74 Å². The third-order valence-corrected chi connectivity index (χ3v) is 3.27. The summed E-state index contributed by atoms with van der Waals surface area (Å²) in [6.45, 7) is 2.27. The average molecular weight is 308 g/mol. The fourth-order valence-electron chi connectivity index (χ4n) is 2.18. The zero-order valence-electron chi connectivity index (χ0n) is 12.6. The molecule has 116 valence electrons. The highest BCUT2D eigenvalue weighted by Gasteiger charge is 2.12. The van der Waals surface area contributed by atoms with Crippen molar-refractivity contribution in [2.24, 2.45) is 0 Å². The van der Waals surface area contributed by atoms with E-state index in [1.165, 1.54) is 0 Å². The maximum atomic E-state index is 12.3. The first-order valence-corrected chi connectivity index (χ1v) is 7.24. The van der Waals surface area contributed by atoms with Crippen LogP contribution in [0.4, 0.5) is 5.69 Å². The van der Waals surface area contributed by atoms with Crippen molar-refractivity contribution in [1.82, 2.24) is 9.38 Å². The Bertz CT molecular complexity index is 855. The van der Waals surface area contributed by atoms with Gasteiger partial charge in [0.25, 0.3) is 5.91 Å². The second kappa shape index (κ2) is 6.31. The first-order valence-electron chi connectivity index (χ1n) is 7.24. The van der Waals surface area contributed by atoms with Crippen LogP contribution in [0.3, 0.4) is 0 Å². The molecule has 0 aliphatic rings. The standard InChI is InChI=1S/C17H16N4O2/c1-2-23-16(18)12-8-9-15-20-14(11-21(15)10-12)17(22)19-13-6-4-3-5-7-13/h3-11,18H,2H2,1H3,(H,19,22). The number of ether oxygens (including phenoxy) is 1. The van der Waals surface area contributed by atoms with Gasteiger partial charge < -0.3 is 14.5 Å². The molecule has 0 bridgehead atoms. The molecule has 0 radical (unpaired) electrons. The number of benzene rings is 1. The van der Waals surface area contributed by atoms with Crippen LogP contribution in [0.15, 0.2) is 54.9 Å². The van der Waals surface area contributed by atoms with Crippen molar-refractivity contribution in [2.75, 3.05) is 11.9 Å². The number of imidazole rings is 1. The number of hydrogen-bond donors (Lipinski definition) is 2. The second-order valence-corrected chi connectivity index (χ2v) is 4.89. The minimum Gasteiger partial charge on any atom is -0.478 e. The van der Waals surface area contributed by atoms with E-state index in [1.807, 2.05) is 37.3 Å². The molecule has 1 aromatic carbocycles. The molecule has 0 fully saturated rings. The highest BCUT2D eigenvalue weighted by atomic mass is 16.5. The Morgan fingerprint density at radius 3 is 2.74 bits per heavy atom. The van der Waals surface area contributed by atoms with E-state index in [0.29, 0.717) is 29.2 Å². The number of nitrogens with one attached hydrogen (secondary N) is 2. The minimum atomic E-state index is -0.277. The Morgan fingerprint density at radius 2 is 2.00 bits per heavy atom. The SMILES string of the molecule is CCOC(=N)c1ccc2nc(C(=O)Nc3ccccc3)cn2c1. The van der Waals surface area contributed by atoms with Crippen LogP contribution in [0.1, 0.15) is 23.0 Å². The van der Waals surface area contributed by atoms with Crippen molar-refractivity contribution < 1.29 is 9.53 Å². The van der Waals surface area contributed by atoms with Crippen molar-refractivity contribution in [2.45, 2.75) is 6.92 Å². The highest BCUT2D eigenvalue weighted by molar-refractivity contribution is 6.03. The van der Waals surface area contributed by atoms with Crippen molar-refractivity contribution in [1.29, 1.82) is 5.41 Å². The summed E-state index contributed by atoms with van der Waals surface area (Å²) in [7, 11) is 0. The molecular weight excluding hydrogens is 292 g/mol. The predicted molar refractivity (Wildman–Crippen MR) is 88.0 cm³/mol. The third kappa shape index (κ3) is 3.21. The van der Waals surface area contributed by atoms with Gasteiger partial charge >= 0.3 is 0 Å². The number of carbonyl (C=O) groups excluding carboxylic acids is 1. The first-order chi connectivity index (χ1) is 11.2. The van der Waals surface area contributed by atoms with Gasteiger partial charge in [-0.25, -0.2) is 4.98 Å². The Labute approximate surface area is 133 Å². The molecule has 6 nitrogen and oxygen atoms in total. The van der Waals surface area contributed by atoms with Gasteiger partial charge in [0.2, 0.25) is 5.90 Å². The molecule has 2 aromatic heterocycles.